The van der Waals surface area contributed by atoms with Crippen molar-refractivity contribution in [1.29, 1.82) is 0 Å². The van der Waals surface area contributed by atoms with E-state index >= 15 is 0 Å². The van der Waals surface area contributed by atoms with Crippen molar-refractivity contribution in [2.24, 2.45) is 0 Å². The predicted molar refractivity (Wildman–Crippen MR) is 111 cm³/mol. The van der Waals surface area contributed by atoms with Crippen LogP contribution in [0.5, 0.6) is 5.75 Å². The highest BCUT2D eigenvalue weighted by Gasteiger charge is 2.23. The minimum atomic E-state index is -0.121. The summed E-state index contributed by atoms with van der Waals surface area (Å²) in [4.78, 5) is 17.7. The lowest BCUT2D eigenvalue weighted by atomic mass is 10.0. The molecule has 1 atom stereocenters. The van der Waals surface area contributed by atoms with E-state index in [1.807, 2.05) is 42.8 Å². The number of methoxy groups -OCH3 is 1. The Morgan fingerprint density at radius 3 is 2.57 bits per heavy atom. The van der Waals surface area contributed by atoms with Crippen LogP contribution in [0.2, 0.25) is 0 Å². The third kappa shape index (κ3) is 3.46. The molecule has 0 saturated heterocycles. The Bertz CT molecular complexity index is 1020. The summed E-state index contributed by atoms with van der Waals surface area (Å²) in [6.07, 6.45) is 0.788. The van der Waals surface area contributed by atoms with Crippen LogP contribution in [-0.2, 0) is 6.54 Å². The first-order chi connectivity index (χ1) is 13.4. The Balaban J connectivity index is 1.96. The fourth-order valence-corrected chi connectivity index (χ4v) is 3.80. The second kappa shape index (κ2) is 8.00. The largest absolute Gasteiger partial charge is 0.494 e. The van der Waals surface area contributed by atoms with Gasteiger partial charge in [-0.15, -0.1) is 0 Å². The molecule has 3 aromatic rings. The van der Waals surface area contributed by atoms with Gasteiger partial charge in [0.15, 0.2) is 0 Å². The van der Waals surface area contributed by atoms with E-state index in [0.29, 0.717) is 17.0 Å². The number of aromatic nitrogens is 3. The zero-order valence-electron chi connectivity index (χ0n) is 17.5. The number of carbonyl (C=O) groups excluding carboxylic acids is 1. The van der Waals surface area contributed by atoms with Gasteiger partial charge in [0, 0.05) is 23.2 Å². The number of hydrogen-bond donors (Lipinski definition) is 1. The molecule has 6 nitrogen and oxygen atoms in total. The Hall–Kier alpha value is -2.89. The number of aryl methyl sites for hydroxylation is 3. The predicted octanol–water partition coefficient (Wildman–Crippen LogP) is 4.27. The highest BCUT2D eigenvalue weighted by Crippen LogP contribution is 2.27. The summed E-state index contributed by atoms with van der Waals surface area (Å²) in [5, 5.41) is 8.67. The van der Waals surface area contributed by atoms with Gasteiger partial charge in [0.2, 0.25) is 0 Å². The van der Waals surface area contributed by atoms with E-state index in [1.54, 1.807) is 7.11 Å². The van der Waals surface area contributed by atoms with Crippen LogP contribution in [0.25, 0.3) is 10.9 Å². The lowest BCUT2D eigenvalue weighted by Gasteiger charge is -2.19. The first kappa shape index (κ1) is 19.9. The number of hydrogen-bond acceptors (Lipinski definition) is 4. The Morgan fingerprint density at radius 1 is 1.21 bits per heavy atom. The van der Waals surface area contributed by atoms with E-state index in [0.717, 1.165) is 40.8 Å². The van der Waals surface area contributed by atoms with Crippen LogP contribution in [0, 0.1) is 20.8 Å². The van der Waals surface area contributed by atoms with Crippen LogP contribution in [0.1, 0.15) is 59.3 Å². The van der Waals surface area contributed by atoms with E-state index in [-0.39, 0.29) is 11.9 Å². The van der Waals surface area contributed by atoms with Crippen molar-refractivity contribution >= 4 is 16.8 Å². The van der Waals surface area contributed by atoms with Gasteiger partial charge < -0.3 is 10.1 Å². The van der Waals surface area contributed by atoms with Crippen molar-refractivity contribution in [3.63, 3.8) is 0 Å². The SMILES string of the molecule is CC[C@H](NC(=O)c1cc2cccc(OC)c2nc1C)c1c(C)nn(CC)c1C. The van der Waals surface area contributed by atoms with Gasteiger partial charge in [-0.05, 0) is 46.2 Å². The van der Waals surface area contributed by atoms with Crippen molar-refractivity contribution in [2.75, 3.05) is 7.11 Å². The van der Waals surface area contributed by atoms with Crippen molar-refractivity contribution in [3.05, 3.63) is 52.5 Å². The molecule has 0 radical (unpaired) electrons. The highest BCUT2D eigenvalue weighted by atomic mass is 16.5. The Labute approximate surface area is 165 Å². The number of nitrogens with zero attached hydrogens (tertiary/aromatic N) is 3. The molecule has 3 rings (SSSR count). The normalized spacial score (nSPS) is 12.2. The second-order valence-corrected chi connectivity index (χ2v) is 6.99. The molecule has 2 aromatic heterocycles. The van der Waals surface area contributed by atoms with Crippen LogP contribution in [0.4, 0.5) is 0 Å². The molecule has 1 amide bonds. The molecule has 0 aliphatic rings. The number of ether oxygens (including phenoxy) is 1. The zero-order valence-corrected chi connectivity index (χ0v) is 17.5. The highest BCUT2D eigenvalue weighted by molar-refractivity contribution is 5.99. The van der Waals surface area contributed by atoms with Gasteiger partial charge in [-0.2, -0.15) is 5.10 Å². The maximum atomic E-state index is 13.1. The van der Waals surface area contributed by atoms with Gasteiger partial charge in [0.05, 0.1) is 30.1 Å². The fourth-order valence-electron chi connectivity index (χ4n) is 3.80. The van der Waals surface area contributed by atoms with Gasteiger partial charge >= 0.3 is 0 Å². The van der Waals surface area contributed by atoms with Gasteiger partial charge in [0.1, 0.15) is 11.3 Å². The van der Waals surface area contributed by atoms with E-state index in [4.69, 9.17) is 4.74 Å². The van der Waals surface area contributed by atoms with E-state index in [2.05, 4.69) is 36.2 Å². The minimum Gasteiger partial charge on any atom is -0.494 e. The molecule has 0 fully saturated rings. The van der Waals surface area contributed by atoms with Crippen molar-refractivity contribution in [2.45, 2.75) is 53.6 Å². The lowest BCUT2D eigenvalue weighted by molar-refractivity contribution is 0.0934. The molecule has 6 heteroatoms. The number of para-hydroxylation sites is 1. The molecule has 1 aromatic carbocycles. The van der Waals surface area contributed by atoms with Crippen LogP contribution in [0.15, 0.2) is 24.3 Å². The average molecular weight is 380 g/mol. The standard InChI is InChI=1S/C22H28N4O2/c1-7-18(20-14(4)25-26(8-2)15(20)5)24-22(27)17-12-16-10-9-11-19(28-6)21(16)23-13(17)3/h9-12,18H,7-8H2,1-6H3,(H,24,27)/t18-/m0/s1. The molecular weight excluding hydrogens is 352 g/mol. The van der Waals surface area contributed by atoms with Crippen LogP contribution >= 0.6 is 0 Å². The average Bonchev–Trinajstić information content (AvgIpc) is 2.98. The molecule has 0 aliphatic heterocycles. The summed E-state index contributed by atoms with van der Waals surface area (Å²) in [5.41, 5.74) is 5.20. The van der Waals surface area contributed by atoms with E-state index in [1.165, 1.54) is 0 Å². The number of carbonyl (C=O) groups is 1. The van der Waals surface area contributed by atoms with Crippen molar-refractivity contribution in [3.8, 4) is 5.75 Å². The smallest absolute Gasteiger partial charge is 0.253 e. The van der Waals surface area contributed by atoms with Gasteiger partial charge in [-0.3, -0.25) is 9.48 Å². The van der Waals surface area contributed by atoms with Gasteiger partial charge in [0.25, 0.3) is 5.91 Å². The summed E-state index contributed by atoms with van der Waals surface area (Å²) < 4.78 is 7.37. The number of benzene rings is 1. The molecule has 1 N–H and O–H groups in total. The summed E-state index contributed by atoms with van der Waals surface area (Å²) in [6.45, 7) is 10.9. The summed E-state index contributed by atoms with van der Waals surface area (Å²) in [6, 6.07) is 7.52. The molecule has 0 aliphatic carbocycles. The van der Waals surface area contributed by atoms with Gasteiger partial charge in [-0.1, -0.05) is 19.1 Å². The number of rotatable bonds is 6. The molecule has 0 saturated carbocycles. The molecule has 0 spiro atoms. The third-order valence-corrected chi connectivity index (χ3v) is 5.26. The first-order valence-electron chi connectivity index (χ1n) is 9.70. The first-order valence-corrected chi connectivity index (χ1v) is 9.70. The zero-order chi connectivity index (χ0) is 20.4. The van der Waals surface area contributed by atoms with Gasteiger partial charge in [-0.25, -0.2) is 4.98 Å². The van der Waals surface area contributed by atoms with Crippen LogP contribution in [-0.4, -0.2) is 27.8 Å². The topological polar surface area (TPSA) is 69.0 Å². The monoisotopic (exact) mass is 380 g/mol. The molecule has 0 bridgehead atoms. The second-order valence-electron chi connectivity index (χ2n) is 6.99. The van der Waals surface area contributed by atoms with Crippen molar-refractivity contribution in [1.82, 2.24) is 20.1 Å². The third-order valence-electron chi connectivity index (χ3n) is 5.26. The summed E-state index contributed by atoms with van der Waals surface area (Å²) in [5.74, 6) is 0.585. The summed E-state index contributed by atoms with van der Waals surface area (Å²) >= 11 is 0. The molecule has 148 valence electrons. The van der Waals surface area contributed by atoms with Crippen LogP contribution in [0.3, 0.4) is 0 Å². The summed E-state index contributed by atoms with van der Waals surface area (Å²) in [7, 11) is 1.62. The maximum Gasteiger partial charge on any atom is 0.253 e. The molecule has 0 unspecified atom stereocenters. The maximum absolute atomic E-state index is 13.1. The van der Waals surface area contributed by atoms with E-state index < -0.39 is 0 Å². The molecule has 28 heavy (non-hydrogen) atoms. The Kier molecular flexibility index (Phi) is 5.68. The molecule has 2 heterocycles. The van der Waals surface area contributed by atoms with E-state index in [9.17, 15) is 4.79 Å². The minimum absolute atomic E-state index is 0.0896. The quantitative estimate of drug-likeness (QED) is 0.693. The van der Waals surface area contributed by atoms with Crippen molar-refractivity contribution < 1.29 is 9.53 Å². The lowest BCUT2D eigenvalue weighted by Crippen LogP contribution is -2.29. The Morgan fingerprint density at radius 2 is 1.96 bits per heavy atom. The van der Waals surface area contributed by atoms with Crippen LogP contribution < -0.4 is 10.1 Å². The fraction of sp³-hybridized carbons (Fsp3) is 0.409. The number of amides is 1. The number of nitrogens with one attached hydrogen (secondary N) is 1. The number of pyridine rings is 1. The number of fused-ring (bicyclic) bond motifs is 1. The molecular formula is C22H28N4O2.